The molecule has 0 atom stereocenters. The van der Waals surface area contributed by atoms with Crippen LogP contribution in [0.25, 0.3) is 0 Å². The van der Waals surface area contributed by atoms with E-state index < -0.39 is 5.41 Å². The van der Waals surface area contributed by atoms with Gasteiger partial charge in [-0.25, -0.2) is 0 Å². The predicted molar refractivity (Wildman–Crippen MR) is 78.7 cm³/mol. The highest BCUT2D eigenvalue weighted by Gasteiger charge is 2.26. The second-order valence-electron chi connectivity index (χ2n) is 6.68. The van der Waals surface area contributed by atoms with Gasteiger partial charge in [0.15, 0.2) is 5.82 Å². The van der Waals surface area contributed by atoms with E-state index in [1.807, 2.05) is 18.9 Å². The minimum Gasteiger partial charge on any atom is -0.396 e. The third kappa shape index (κ3) is 4.49. The molecule has 1 aliphatic rings. The first-order valence-corrected chi connectivity index (χ1v) is 7.79. The number of aromatic nitrogens is 2. The van der Waals surface area contributed by atoms with E-state index in [1.165, 1.54) is 19.3 Å². The van der Waals surface area contributed by atoms with E-state index in [4.69, 9.17) is 4.52 Å². The Morgan fingerprint density at radius 1 is 1.24 bits per heavy atom. The largest absolute Gasteiger partial charge is 0.396 e. The summed E-state index contributed by atoms with van der Waals surface area (Å²) in [6.45, 7) is 2.90. The van der Waals surface area contributed by atoms with Crippen molar-refractivity contribution in [2.75, 3.05) is 26.8 Å². The minimum atomic E-state index is -0.509. The van der Waals surface area contributed by atoms with Crippen LogP contribution >= 0.6 is 0 Å². The first-order chi connectivity index (χ1) is 10.1. The van der Waals surface area contributed by atoms with Gasteiger partial charge in [0.1, 0.15) is 0 Å². The first kappa shape index (κ1) is 16.4. The zero-order valence-corrected chi connectivity index (χ0v) is 13.1. The molecule has 2 rings (SSSR count). The molecule has 0 aliphatic heterocycles. The topological polar surface area (TPSA) is 82.6 Å². The Morgan fingerprint density at radius 2 is 1.90 bits per heavy atom. The lowest BCUT2D eigenvalue weighted by Gasteiger charge is -2.29. The van der Waals surface area contributed by atoms with Crippen molar-refractivity contribution >= 4 is 0 Å². The molecule has 0 radical (unpaired) electrons. The Hall–Kier alpha value is -0.980. The second kappa shape index (κ2) is 7.33. The van der Waals surface area contributed by atoms with Gasteiger partial charge in [-0.05, 0) is 19.9 Å². The van der Waals surface area contributed by atoms with Gasteiger partial charge in [0.25, 0.3) is 0 Å². The van der Waals surface area contributed by atoms with Gasteiger partial charge in [0.05, 0.1) is 19.8 Å². The van der Waals surface area contributed by atoms with Crippen LogP contribution in [0.4, 0.5) is 0 Å². The maximum atomic E-state index is 9.34. The lowest BCUT2D eigenvalue weighted by Crippen LogP contribution is -2.38. The monoisotopic (exact) mass is 297 g/mol. The normalized spacial score (nSPS) is 17.6. The zero-order chi connectivity index (χ0) is 15.3. The fourth-order valence-corrected chi connectivity index (χ4v) is 2.95. The van der Waals surface area contributed by atoms with Gasteiger partial charge in [0.2, 0.25) is 5.89 Å². The quantitative estimate of drug-likeness (QED) is 0.794. The van der Waals surface area contributed by atoms with Crippen LogP contribution in [0.2, 0.25) is 0 Å². The standard InChI is InChI=1S/C15H27N3O3/c1-15(10-19,11-20)9-18(2)8-13-16-14(21-17-13)12-6-4-3-5-7-12/h12,19-20H,3-11H2,1-2H3. The molecule has 2 N–H and O–H groups in total. The van der Waals surface area contributed by atoms with Gasteiger partial charge in [-0.1, -0.05) is 31.3 Å². The summed E-state index contributed by atoms with van der Waals surface area (Å²) in [7, 11) is 1.93. The molecule has 21 heavy (non-hydrogen) atoms. The molecule has 120 valence electrons. The van der Waals surface area contributed by atoms with E-state index in [0.717, 1.165) is 18.7 Å². The molecule has 1 fully saturated rings. The predicted octanol–water partition coefficient (Wildman–Crippen LogP) is 1.54. The van der Waals surface area contributed by atoms with Crippen LogP contribution in [0, 0.1) is 5.41 Å². The Labute approximate surface area is 126 Å². The maximum absolute atomic E-state index is 9.34. The average Bonchev–Trinajstić information content (AvgIpc) is 2.96. The van der Waals surface area contributed by atoms with Crippen molar-refractivity contribution in [3.05, 3.63) is 11.7 Å². The van der Waals surface area contributed by atoms with Crippen LogP contribution in [0.15, 0.2) is 4.52 Å². The number of aliphatic hydroxyl groups excluding tert-OH is 2. The number of aliphatic hydroxyl groups is 2. The number of nitrogens with zero attached hydrogens (tertiary/aromatic N) is 3. The van der Waals surface area contributed by atoms with Crippen LogP contribution in [0.3, 0.4) is 0 Å². The molecule has 1 aliphatic carbocycles. The molecule has 1 heterocycles. The molecular weight excluding hydrogens is 270 g/mol. The van der Waals surface area contributed by atoms with Crippen molar-refractivity contribution in [2.24, 2.45) is 5.41 Å². The van der Waals surface area contributed by atoms with E-state index in [1.54, 1.807) is 0 Å². The summed E-state index contributed by atoms with van der Waals surface area (Å²) in [4.78, 5) is 6.51. The van der Waals surface area contributed by atoms with Gasteiger partial charge in [-0.2, -0.15) is 4.98 Å². The van der Waals surface area contributed by atoms with E-state index in [2.05, 4.69) is 10.1 Å². The summed E-state index contributed by atoms with van der Waals surface area (Å²) in [6.07, 6.45) is 6.08. The number of rotatable bonds is 7. The van der Waals surface area contributed by atoms with Crippen molar-refractivity contribution in [1.82, 2.24) is 15.0 Å². The summed E-state index contributed by atoms with van der Waals surface area (Å²) in [5.74, 6) is 1.87. The van der Waals surface area contributed by atoms with Crippen molar-refractivity contribution < 1.29 is 14.7 Å². The maximum Gasteiger partial charge on any atom is 0.229 e. The number of hydrogen-bond donors (Lipinski definition) is 2. The molecule has 0 spiro atoms. The Balaban J connectivity index is 1.89. The highest BCUT2D eigenvalue weighted by molar-refractivity contribution is 4.95. The Morgan fingerprint density at radius 3 is 2.52 bits per heavy atom. The molecule has 1 saturated carbocycles. The molecule has 1 aromatic heterocycles. The van der Waals surface area contributed by atoms with Crippen LogP contribution in [0.1, 0.15) is 56.7 Å². The average molecular weight is 297 g/mol. The molecule has 6 nitrogen and oxygen atoms in total. The highest BCUT2D eigenvalue weighted by Crippen LogP contribution is 2.31. The van der Waals surface area contributed by atoms with Crippen molar-refractivity contribution in [2.45, 2.75) is 51.5 Å². The van der Waals surface area contributed by atoms with E-state index in [-0.39, 0.29) is 13.2 Å². The fraction of sp³-hybridized carbons (Fsp3) is 0.867. The summed E-state index contributed by atoms with van der Waals surface area (Å²) in [5.41, 5.74) is -0.509. The van der Waals surface area contributed by atoms with Crippen molar-refractivity contribution in [3.8, 4) is 0 Å². The molecule has 1 aromatic rings. The first-order valence-electron chi connectivity index (χ1n) is 7.79. The molecule has 0 bridgehead atoms. The van der Waals surface area contributed by atoms with Gasteiger partial charge in [-0.3, -0.25) is 4.90 Å². The minimum absolute atomic E-state index is 0.0482. The van der Waals surface area contributed by atoms with Crippen LogP contribution < -0.4 is 0 Å². The molecule has 0 unspecified atom stereocenters. The smallest absolute Gasteiger partial charge is 0.229 e. The summed E-state index contributed by atoms with van der Waals surface area (Å²) >= 11 is 0. The molecule has 0 amide bonds. The summed E-state index contributed by atoms with van der Waals surface area (Å²) in [5, 5.41) is 22.7. The third-order valence-electron chi connectivity index (χ3n) is 4.26. The SMILES string of the molecule is CN(Cc1noc(C2CCCCC2)n1)CC(C)(CO)CO. The lowest BCUT2D eigenvalue weighted by molar-refractivity contribution is 0.0394. The second-order valence-corrected chi connectivity index (χ2v) is 6.68. The Kier molecular flexibility index (Phi) is 5.72. The zero-order valence-electron chi connectivity index (χ0n) is 13.1. The van der Waals surface area contributed by atoms with E-state index >= 15 is 0 Å². The Bertz CT molecular complexity index is 426. The van der Waals surface area contributed by atoms with E-state index in [9.17, 15) is 10.2 Å². The van der Waals surface area contributed by atoms with E-state index in [0.29, 0.717) is 24.8 Å². The third-order valence-corrected chi connectivity index (χ3v) is 4.26. The molecular formula is C15H27N3O3. The van der Waals surface area contributed by atoms with Crippen molar-refractivity contribution in [3.63, 3.8) is 0 Å². The molecule has 0 aromatic carbocycles. The highest BCUT2D eigenvalue weighted by atomic mass is 16.5. The fourth-order valence-electron chi connectivity index (χ4n) is 2.95. The van der Waals surface area contributed by atoms with Gasteiger partial charge in [0, 0.05) is 17.9 Å². The van der Waals surface area contributed by atoms with Crippen LogP contribution in [0.5, 0.6) is 0 Å². The van der Waals surface area contributed by atoms with Crippen LogP contribution in [-0.4, -0.2) is 52.1 Å². The van der Waals surface area contributed by atoms with Crippen molar-refractivity contribution in [1.29, 1.82) is 0 Å². The van der Waals surface area contributed by atoms with Gasteiger partial charge < -0.3 is 14.7 Å². The summed E-state index contributed by atoms with van der Waals surface area (Å²) in [6, 6.07) is 0. The lowest BCUT2D eigenvalue weighted by atomic mass is 9.89. The number of hydrogen-bond acceptors (Lipinski definition) is 6. The van der Waals surface area contributed by atoms with Gasteiger partial charge >= 0.3 is 0 Å². The summed E-state index contributed by atoms with van der Waals surface area (Å²) < 4.78 is 5.40. The van der Waals surface area contributed by atoms with Gasteiger partial charge in [-0.15, -0.1) is 0 Å². The van der Waals surface area contributed by atoms with Crippen LogP contribution in [-0.2, 0) is 6.54 Å². The molecule has 6 heteroatoms. The molecule has 0 saturated heterocycles.